The normalized spacial score (nSPS) is 16.5. The van der Waals surface area contributed by atoms with Crippen molar-refractivity contribution in [3.05, 3.63) is 66.1 Å². The lowest BCUT2D eigenvalue weighted by Gasteiger charge is -2.36. The molecule has 4 rings (SSSR count). The highest BCUT2D eigenvalue weighted by molar-refractivity contribution is 7.89. The summed E-state index contributed by atoms with van der Waals surface area (Å²) in [5.74, 6) is 0.167. The summed E-state index contributed by atoms with van der Waals surface area (Å²) >= 11 is 0. The predicted molar refractivity (Wildman–Crippen MR) is 126 cm³/mol. The number of carbonyl (C=O) groups is 1. The minimum Gasteiger partial charge on any atom is -0.360 e. The van der Waals surface area contributed by atoms with E-state index >= 15 is 0 Å². The van der Waals surface area contributed by atoms with Crippen LogP contribution in [-0.4, -0.2) is 60.9 Å². The van der Waals surface area contributed by atoms with E-state index in [2.05, 4.69) is 10.5 Å². The number of benzene rings is 2. The fourth-order valence-corrected chi connectivity index (χ4v) is 5.88. The SMILES string of the molecule is Cc1noc(C)c1S(=O)(=O)N1CCN(C(C)C(=O)Nc2ccccc2-c2ccccc2)CC1. The van der Waals surface area contributed by atoms with Crippen molar-refractivity contribution in [2.45, 2.75) is 31.7 Å². The zero-order chi connectivity index (χ0) is 23.6. The van der Waals surface area contributed by atoms with E-state index < -0.39 is 16.1 Å². The molecular weight excluding hydrogens is 440 g/mol. The van der Waals surface area contributed by atoms with Crippen LogP contribution in [0.3, 0.4) is 0 Å². The first-order valence-electron chi connectivity index (χ1n) is 10.9. The molecule has 1 unspecified atom stereocenters. The molecule has 33 heavy (non-hydrogen) atoms. The lowest BCUT2D eigenvalue weighted by atomic mass is 10.0. The summed E-state index contributed by atoms with van der Waals surface area (Å²) < 4.78 is 32.6. The third-order valence-electron chi connectivity index (χ3n) is 6.04. The van der Waals surface area contributed by atoms with E-state index in [1.165, 1.54) is 4.31 Å². The van der Waals surface area contributed by atoms with E-state index in [9.17, 15) is 13.2 Å². The Bertz CT molecular complexity index is 1210. The van der Waals surface area contributed by atoms with E-state index in [0.29, 0.717) is 37.6 Å². The maximum absolute atomic E-state index is 13.0. The van der Waals surface area contributed by atoms with Crippen molar-refractivity contribution >= 4 is 21.6 Å². The molecule has 0 saturated carbocycles. The van der Waals surface area contributed by atoms with Gasteiger partial charge in [-0.3, -0.25) is 9.69 Å². The fraction of sp³-hybridized carbons (Fsp3) is 0.333. The van der Waals surface area contributed by atoms with Gasteiger partial charge in [0.05, 0.1) is 6.04 Å². The van der Waals surface area contributed by atoms with Crippen molar-refractivity contribution in [1.29, 1.82) is 0 Å². The van der Waals surface area contributed by atoms with Crippen LogP contribution in [0, 0.1) is 13.8 Å². The molecule has 1 fully saturated rings. The van der Waals surface area contributed by atoms with Gasteiger partial charge in [-0.25, -0.2) is 8.42 Å². The first kappa shape index (κ1) is 23.2. The van der Waals surface area contributed by atoms with Crippen LogP contribution in [0.1, 0.15) is 18.4 Å². The van der Waals surface area contributed by atoms with Crippen molar-refractivity contribution < 1.29 is 17.7 Å². The van der Waals surface area contributed by atoms with E-state index in [1.807, 2.05) is 66.4 Å². The number of nitrogens with one attached hydrogen (secondary N) is 1. The van der Waals surface area contributed by atoms with Crippen molar-refractivity contribution in [3.63, 3.8) is 0 Å². The first-order valence-corrected chi connectivity index (χ1v) is 12.4. The van der Waals surface area contributed by atoms with Gasteiger partial charge >= 0.3 is 0 Å². The number of para-hydroxylation sites is 1. The van der Waals surface area contributed by atoms with Gasteiger partial charge < -0.3 is 9.84 Å². The topological polar surface area (TPSA) is 95.8 Å². The van der Waals surface area contributed by atoms with Gasteiger partial charge in [0.15, 0.2) is 5.76 Å². The number of carbonyl (C=O) groups excluding carboxylic acids is 1. The van der Waals surface area contributed by atoms with Crippen LogP contribution in [0.5, 0.6) is 0 Å². The Morgan fingerprint density at radius 3 is 2.27 bits per heavy atom. The van der Waals surface area contributed by atoms with Crippen molar-refractivity contribution in [2.24, 2.45) is 0 Å². The molecule has 1 aromatic heterocycles. The number of hydrogen-bond donors (Lipinski definition) is 1. The van der Waals surface area contributed by atoms with Crippen LogP contribution >= 0.6 is 0 Å². The van der Waals surface area contributed by atoms with E-state index in [1.54, 1.807) is 13.8 Å². The predicted octanol–water partition coefficient (Wildman–Crippen LogP) is 3.29. The minimum atomic E-state index is -3.68. The van der Waals surface area contributed by atoms with E-state index in [4.69, 9.17) is 4.52 Å². The molecule has 1 atom stereocenters. The third-order valence-corrected chi connectivity index (χ3v) is 8.18. The standard InChI is InChI=1S/C24H28N4O4S/c1-17-23(19(3)32-26-17)33(30,31)28-15-13-27(14-16-28)18(2)24(29)25-22-12-8-7-11-21(22)20-9-5-4-6-10-20/h4-12,18H,13-16H2,1-3H3,(H,25,29). The van der Waals surface area contributed by atoms with Crippen LogP contribution in [0.15, 0.2) is 64.0 Å². The molecule has 1 saturated heterocycles. The molecule has 174 valence electrons. The quantitative estimate of drug-likeness (QED) is 0.596. The Kier molecular flexibility index (Phi) is 6.64. The highest BCUT2D eigenvalue weighted by Gasteiger charge is 2.35. The van der Waals surface area contributed by atoms with Gasteiger partial charge in [0.2, 0.25) is 15.9 Å². The van der Waals surface area contributed by atoms with E-state index in [0.717, 1.165) is 16.8 Å². The van der Waals surface area contributed by atoms with Crippen LogP contribution in [-0.2, 0) is 14.8 Å². The summed E-state index contributed by atoms with van der Waals surface area (Å²) in [7, 11) is -3.68. The third kappa shape index (κ3) is 4.71. The zero-order valence-corrected chi connectivity index (χ0v) is 19.8. The second-order valence-electron chi connectivity index (χ2n) is 8.17. The molecule has 0 bridgehead atoms. The summed E-state index contributed by atoms with van der Waals surface area (Å²) in [4.78, 5) is 15.2. The largest absolute Gasteiger partial charge is 0.360 e. The Labute approximate surface area is 194 Å². The van der Waals surface area contributed by atoms with Gasteiger partial charge in [0.25, 0.3) is 0 Å². The molecule has 2 aromatic carbocycles. The molecule has 1 N–H and O–H groups in total. The van der Waals surface area contributed by atoms with Gasteiger partial charge in [-0.05, 0) is 32.4 Å². The molecule has 1 aliphatic rings. The fourth-order valence-electron chi connectivity index (χ4n) is 4.17. The summed E-state index contributed by atoms with van der Waals surface area (Å²) in [6.45, 7) is 6.57. The molecule has 0 radical (unpaired) electrons. The van der Waals surface area contributed by atoms with Crippen molar-refractivity contribution in [2.75, 3.05) is 31.5 Å². The zero-order valence-electron chi connectivity index (χ0n) is 19.0. The molecular formula is C24H28N4O4S. The summed E-state index contributed by atoms with van der Waals surface area (Å²) in [5, 5.41) is 6.82. The number of nitrogens with zero attached hydrogens (tertiary/aromatic N) is 3. The maximum atomic E-state index is 13.0. The summed E-state index contributed by atoms with van der Waals surface area (Å²) in [6.07, 6.45) is 0. The number of amides is 1. The molecule has 0 aliphatic carbocycles. The Morgan fingerprint density at radius 1 is 1.00 bits per heavy atom. The van der Waals surface area contributed by atoms with E-state index in [-0.39, 0.29) is 10.8 Å². The smallest absolute Gasteiger partial charge is 0.248 e. The van der Waals surface area contributed by atoms with Crippen LogP contribution in [0.2, 0.25) is 0 Å². The molecule has 9 heteroatoms. The number of piperazine rings is 1. The number of rotatable bonds is 6. The minimum absolute atomic E-state index is 0.125. The Balaban J connectivity index is 1.42. The number of sulfonamides is 1. The average molecular weight is 469 g/mol. The molecule has 8 nitrogen and oxygen atoms in total. The summed E-state index contributed by atoms with van der Waals surface area (Å²) in [5.41, 5.74) is 3.09. The summed E-state index contributed by atoms with van der Waals surface area (Å²) in [6, 6.07) is 17.2. The van der Waals surface area contributed by atoms with Gasteiger partial charge in [-0.2, -0.15) is 4.31 Å². The highest BCUT2D eigenvalue weighted by Crippen LogP contribution is 2.28. The van der Waals surface area contributed by atoms with Crippen LogP contribution in [0.25, 0.3) is 11.1 Å². The average Bonchev–Trinajstić information content (AvgIpc) is 3.18. The second-order valence-corrected chi connectivity index (χ2v) is 10.0. The van der Waals surface area contributed by atoms with Crippen molar-refractivity contribution in [1.82, 2.24) is 14.4 Å². The van der Waals surface area contributed by atoms with Gasteiger partial charge in [-0.1, -0.05) is 53.7 Å². The molecule has 3 aromatic rings. The number of aromatic nitrogens is 1. The number of anilines is 1. The molecule has 1 aliphatic heterocycles. The Morgan fingerprint density at radius 2 is 1.64 bits per heavy atom. The number of aryl methyl sites for hydroxylation is 2. The highest BCUT2D eigenvalue weighted by atomic mass is 32.2. The monoisotopic (exact) mass is 468 g/mol. The van der Waals surface area contributed by atoms with Crippen molar-refractivity contribution in [3.8, 4) is 11.1 Å². The molecule has 1 amide bonds. The molecule has 0 spiro atoms. The van der Waals surface area contributed by atoms with Crippen LogP contribution in [0.4, 0.5) is 5.69 Å². The van der Waals surface area contributed by atoms with Crippen LogP contribution < -0.4 is 5.32 Å². The second kappa shape index (κ2) is 9.46. The van der Waals surface area contributed by atoms with Gasteiger partial charge in [0, 0.05) is 37.4 Å². The lowest BCUT2D eigenvalue weighted by molar-refractivity contribution is -0.121. The van der Waals surface area contributed by atoms with Gasteiger partial charge in [-0.15, -0.1) is 0 Å². The lowest BCUT2D eigenvalue weighted by Crippen LogP contribution is -2.54. The van der Waals surface area contributed by atoms with Gasteiger partial charge in [0.1, 0.15) is 10.6 Å². The maximum Gasteiger partial charge on any atom is 0.248 e. The molecule has 2 heterocycles. The first-order chi connectivity index (χ1) is 15.8. The number of hydrogen-bond acceptors (Lipinski definition) is 6. The Hall–Kier alpha value is -3.01.